The average molecular weight is 1780 g/mol. The van der Waals surface area contributed by atoms with Crippen LogP contribution in [0.3, 0.4) is 0 Å². The van der Waals surface area contributed by atoms with E-state index < -0.39 is 0 Å². The number of benzene rings is 21. The van der Waals surface area contributed by atoms with Crippen LogP contribution in [0.25, 0.3) is 65.7 Å². The van der Waals surface area contributed by atoms with E-state index in [4.69, 9.17) is 0 Å². The Hall–Kier alpha value is -16.8. The SMILES string of the molecule is CCC(C)c1ccc(N(c2ccc(N(c3ccc(-c4ccccc4)cc3)c3ccc(-c4ccccc4)cc3)cc2)c2ccc3ccccc3c2)cc1.CCC(C)c1ccc(N(c2ccc(N(c3ccccc3)c3ccc(-c4ccccc4)cc3)cc2)c2ccc3ccccc3c2)cc1.CCC(C)c1ccc(N(c2cccc(N(c3ccccc3)c3ccccc3)c2)c2ccc3ccccc3c2)cc1. The Bertz CT molecular complexity index is 7380. The van der Waals surface area contributed by atoms with Crippen molar-refractivity contribution in [3.05, 3.63) is 544 Å². The Labute approximate surface area is 814 Å². The van der Waals surface area contributed by atoms with Crippen LogP contribution >= 0.6 is 0 Å². The Morgan fingerprint density at radius 2 is 0.283 bits per heavy atom. The predicted octanol–water partition coefficient (Wildman–Crippen LogP) is 38.9. The molecule has 0 bridgehead atoms. The highest BCUT2D eigenvalue weighted by atomic mass is 15.2. The van der Waals surface area contributed by atoms with Crippen LogP contribution < -0.4 is 29.4 Å². The van der Waals surface area contributed by atoms with Crippen LogP contribution in [0.5, 0.6) is 0 Å². The standard InChI is InChI=1S/C50H42N2.C44H38N2.C38H34N2/c1-3-37(2)38-18-25-47(26-19-38)52(50-31-24-41-16-10-11-17-44(41)36-50)49-34-32-48(33-35-49)51(45-27-20-42(21-28-45)39-12-6-4-7-13-39)46-29-22-43(23-30-46)40-14-8-5-9-15-40;1-3-33(2)34-18-23-41(24-19-34)46(44-27-22-36-14-10-11-15-38(36)32-44)43-30-28-42(29-31-43)45(39-16-8-5-9-17-39)40-25-20-37(21-26-40)35-12-6-4-7-13-35;1-3-29(2)30-21-24-35(25-22-30)40(38-26-23-31-13-10-11-14-32(31)27-38)37-20-12-19-36(28-37)39(33-15-6-4-7-16-33)34-17-8-5-9-18-34/h4-37H,3H2,1-2H3;4-33H,3H2,1-2H3;4-29H,3H2,1-2H3. The fourth-order valence-corrected chi connectivity index (χ4v) is 18.5. The van der Waals surface area contributed by atoms with E-state index in [0.717, 1.165) is 122 Å². The molecule has 21 rings (SSSR count). The molecule has 21 aromatic rings. The van der Waals surface area contributed by atoms with Crippen LogP contribution in [0, 0.1) is 0 Å². The quantitative estimate of drug-likeness (QED) is 0.0507. The molecule has 0 aromatic heterocycles. The molecule has 3 unspecified atom stereocenters. The van der Waals surface area contributed by atoms with Gasteiger partial charge < -0.3 is 29.4 Å². The minimum atomic E-state index is 0.525. The first-order chi connectivity index (χ1) is 68.0. The summed E-state index contributed by atoms with van der Waals surface area (Å²) in [5.41, 5.74) is 31.5. The van der Waals surface area contributed by atoms with Gasteiger partial charge in [0.05, 0.1) is 0 Å². The first kappa shape index (κ1) is 90.4. The van der Waals surface area contributed by atoms with Gasteiger partial charge in [-0.1, -0.05) is 357 Å². The molecule has 0 saturated carbocycles. The number of rotatable bonds is 27. The van der Waals surface area contributed by atoms with Gasteiger partial charge in [0.2, 0.25) is 0 Å². The summed E-state index contributed by atoms with van der Waals surface area (Å²) in [7, 11) is 0. The van der Waals surface area contributed by atoms with Crippen molar-refractivity contribution in [1.29, 1.82) is 0 Å². The summed E-state index contributed by atoms with van der Waals surface area (Å²) >= 11 is 0. The zero-order chi connectivity index (χ0) is 93.9. The van der Waals surface area contributed by atoms with E-state index in [1.54, 1.807) is 0 Å². The molecule has 0 aliphatic heterocycles. The fourth-order valence-electron chi connectivity index (χ4n) is 18.5. The third-order valence-corrected chi connectivity index (χ3v) is 26.8. The Morgan fingerprint density at radius 1 is 0.130 bits per heavy atom. The van der Waals surface area contributed by atoms with Gasteiger partial charge in [-0.05, 0) is 332 Å². The second-order valence-corrected chi connectivity index (χ2v) is 35.6. The lowest BCUT2D eigenvalue weighted by Crippen LogP contribution is -2.13. The molecular weight excluding hydrogens is 1670 g/mol. The minimum absolute atomic E-state index is 0.525. The monoisotopic (exact) mass is 1780 g/mol. The Morgan fingerprint density at radius 3 is 0.514 bits per heavy atom. The van der Waals surface area contributed by atoms with Crippen molar-refractivity contribution in [2.24, 2.45) is 0 Å². The van der Waals surface area contributed by atoms with Crippen molar-refractivity contribution < 1.29 is 0 Å². The van der Waals surface area contributed by atoms with Crippen molar-refractivity contribution in [3.63, 3.8) is 0 Å². The van der Waals surface area contributed by atoms with E-state index in [2.05, 4.69) is 599 Å². The topological polar surface area (TPSA) is 19.4 Å². The second kappa shape index (κ2) is 43.0. The molecule has 0 aliphatic rings. The maximum Gasteiger partial charge on any atom is 0.0482 e. The number of anilines is 18. The maximum atomic E-state index is 2.37. The molecule has 672 valence electrons. The highest BCUT2D eigenvalue weighted by Gasteiger charge is 2.24. The van der Waals surface area contributed by atoms with Crippen molar-refractivity contribution in [1.82, 2.24) is 0 Å². The zero-order valence-electron chi connectivity index (χ0n) is 79.3. The summed E-state index contributed by atoms with van der Waals surface area (Å²) in [4.78, 5) is 14.1. The second-order valence-electron chi connectivity index (χ2n) is 35.6. The summed E-state index contributed by atoms with van der Waals surface area (Å²) < 4.78 is 0. The molecule has 6 nitrogen and oxygen atoms in total. The van der Waals surface area contributed by atoms with Gasteiger partial charge in [-0.25, -0.2) is 0 Å². The van der Waals surface area contributed by atoms with E-state index in [9.17, 15) is 0 Å². The van der Waals surface area contributed by atoms with Gasteiger partial charge in [-0.2, -0.15) is 0 Å². The molecule has 0 aliphatic carbocycles. The van der Waals surface area contributed by atoms with Gasteiger partial charge in [-0.3, -0.25) is 0 Å². The van der Waals surface area contributed by atoms with Crippen LogP contribution in [0.1, 0.15) is 95.2 Å². The van der Waals surface area contributed by atoms with Gasteiger partial charge in [0.25, 0.3) is 0 Å². The van der Waals surface area contributed by atoms with Gasteiger partial charge in [0.1, 0.15) is 0 Å². The molecule has 0 heterocycles. The Balaban J connectivity index is 0.000000133. The molecule has 0 amide bonds. The summed E-state index contributed by atoms with van der Waals surface area (Å²) in [6.45, 7) is 13.6. The average Bonchev–Trinajstić information content (AvgIpc) is 0.782. The van der Waals surface area contributed by atoms with Crippen LogP contribution in [0.2, 0.25) is 0 Å². The first-order valence-corrected chi connectivity index (χ1v) is 48.5. The largest absolute Gasteiger partial charge is 0.311 e. The lowest BCUT2D eigenvalue weighted by molar-refractivity contribution is 0.733. The maximum absolute atomic E-state index is 2.37. The van der Waals surface area contributed by atoms with Crippen LogP contribution in [0.15, 0.2) is 528 Å². The third-order valence-electron chi connectivity index (χ3n) is 26.8. The van der Waals surface area contributed by atoms with Crippen molar-refractivity contribution >= 4 is 135 Å². The highest BCUT2D eigenvalue weighted by molar-refractivity contribution is 5.95. The molecule has 0 saturated heterocycles. The molecule has 0 radical (unpaired) electrons. The van der Waals surface area contributed by atoms with Gasteiger partial charge in [-0.15, -0.1) is 0 Å². The fraction of sp³-hybridized carbons (Fsp3) is 0.0909. The van der Waals surface area contributed by atoms with Crippen LogP contribution in [-0.4, -0.2) is 0 Å². The molecule has 138 heavy (non-hydrogen) atoms. The number of para-hydroxylation sites is 3. The van der Waals surface area contributed by atoms with Gasteiger partial charge >= 0.3 is 0 Å². The molecule has 3 atom stereocenters. The Kier molecular flexibility index (Phi) is 28.2. The smallest absolute Gasteiger partial charge is 0.0482 e. The summed E-state index contributed by atoms with van der Waals surface area (Å²) in [6, 6.07) is 190. The van der Waals surface area contributed by atoms with Crippen molar-refractivity contribution in [3.8, 4) is 33.4 Å². The molecular formula is C132H114N6. The molecule has 0 N–H and O–H groups in total. The van der Waals surface area contributed by atoms with E-state index in [0.29, 0.717) is 17.8 Å². The number of hydrogen-bond donors (Lipinski definition) is 0. The first-order valence-electron chi connectivity index (χ1n) is 48.5. The number of nitrogens with zero attached hydrogens (tertiary/aromatic N) is 6. The zero-order valence-corrected chi connectivity index (χ0v) is 79.3. The van der Waals surface area contributed by atoms with Gasteiger partial charge in [0.15, 0.2) is 0 Å². The lowest BCUT2D eigenvalue weighted by atomic mass is 9.98. The van der Waals surface area contributed by atoms with E-state index in [-0.39, 0.29) is 0 Å². The predicted molar refractivity (Wildman–Crippen MR) is 592 cm³/mol. The number of hydrogen-bond acceptors (Lipinski definition) is 6. The molecule has 0 spiro atoms. The van der Waals surface area contributed by atoms with E-state index >= 15 is 0 Å². The summed E-state index contributed by atoms with van der Waals surface area (Å²) in [5.74, 6) is 1.60. The summed E-state index contributed by atoms with van der Waals surface area (Å²) in [6.07, 6.45) is 3.38. The molecule has 0 fully saturated rings. The third kappa shape index (κ3) is 20.8. The molecule has 6 heteroatoms. The minimum Gasteiger partial charge on any atom is -0.311 e. The molecule has 21 aromatic carbocycles. The van der Waals surface area contributed by atoms with Crippen LogP contribution in [-0.2, 0) is 0 Å². The van der Waals surface area contributed by atoms with Crippen molar-refractivity contribution in [2.45, 2.75) is 78.6 Å². The normalized spacial score (nSPS) is 11.7. The van der Waals surface area contributed by atoms with Gasteiger partial charge in [0, 0.05) is 102 Å². The van der Waals surface area contributed by atoms with Crippen molar-refractivity contribution in [2.75, 3.05) is 29.4 Å². The van der Waals surface area contributed by atoms with E-state index in [1.165, 1.54) is 82.4 Å². The summed E-state index contributed by atoms with van der Waals surface area (Å²) in [5, 5.41) is 7.40. The highest BCUT2D eigenvalue weighted by Crippen LogP contribution is 2.47. The van der Waals surface area contributed by atoms with Crippen LogP contribution in [0.4, 0.5) is 102 Å². The van der Waals surface area contributed by atoms with E-state index in [1.807, 2.05) is 0 Å². The lowest BCUT2D eigenvalue weighted by Gasteiger charge is -2.29. The number of fused-ring (bicyclic) bond motifs is 3.